The van der Waals surface area contributed by atoms with Gasteiger partial charge in [-0.1, -0.05) is 26.1 Å². The summed E-state index contributed by atoms with van der Waals surface area (Å²) in [5.74, 6) is 0. The van der Waals surface area contributed by atoms with E-state index in [1.54, 1.807) is 0 Å². The fourth-order valence-electron chi connectivity index (χ4n) is 1.55. The fraction of sp³-hybridized carbons (Fsp3) is 0.714. The van der Waals surface area contributed by atoms with Gasteiger partial charge in [0.2, 0.25) is 0 Å². The zero-order chi connectivity index (χ0) is 14.7. The molecule has 4 nitrogen and oxygen atoms in total. The standard InChI is InChI=1S/C14H26N2O2S/c1-5-16(6-2)8-10-18-9-7-15-14(11-17)12(3)13(4)19/h11,15H,5-10H2,1-4H3/b14-12+. The largest absolute Gasteiger partial charge is 0.380 e. The second-order valence-corrected chi connectivity index (χ2v) is 4.89. The summed E-state index contributed by atoms with van der Waals surface area (Å²) in [5, 5.41) is 3.05. The lowest BCUT2D eigenvalue weighted by molar-refractivity contribution is -0.105. The third kappa shape index (κ3) is 8.08. The van der Waals surface area contributed by atoms with E-state index >= 15 is 0 Å². The topological polar surface area (TPSA) is 41.6 Å². The number of rotatable bonds is 11. The number of allylic oxidation sites excluding steroid dienone is 2. The first-order valence-corrected chi connectivity index (χ1v) is 7.18. The lowest BCUT2D eigenvalue weighted by Crippen LogP contribution is -2.28. The van der Waals surface area contributed by atoms with Crippen LogP contribution in [0.5, 0.6) is 0 Å². The molecule has 0 aliphatic heterocycles. The van der Waals surface area contributed by atoms with Gasteiger partial charge in [0.25, 0.3) is 0 Å². The van der Waals surface area contributed by atoms with Crippen molar-refractivity contribution in [1.29, 1.82) is 0 Å². The average Bonchev–Trinajstić information content (AvgIpc) is 2.41. The Labute approximate surface area is 122 Å². The molecule has 0 saturated heterocycles. The van der Waals surface area contributed by atoms with Crippen molar-refractivity contribution in [1.82, 2.24) is 10.2 Å². The zero-order valence-corrected chi connectivity index (χ0v) is 13.3. The second kappa shape index (κ2) is 11.1. The molecule has 0 unspecified atom stereocenters. The van der Waals surface area contributed by atoms with Crippen molar-refractivity contribution in [3.05, 3.63) is 11.3 Å². The first-order chi connectivity index (χ1) is 9.06. The number of aldehydes is 1. The van der Waals surface area contributed by atoms with Crippen molar-refractivity contribution >= 4 is 23.4 Å². The van der Waals surface area contributed by atoms with Crippen LogP contribution in [0.3, 0.4) is 0 Å². The van der Waals surface area contributed by atoms with E-state index in [4.69, 9.17) is 17.0 Å². The van der Waals surface area contributed by atoms with Crippen molar-refractivity contribution in [2.45, 2.75) is 27.7 Å². The van der Waals surface area contributed by atoms with Crippen LogP contribution in [0, 0.1) is 0 Å². The number of thiocarbonyl (C=S) groups is 1. The molecule has 0 amide bonds. The summed E-state index contributed by atoms with van der Waals surface area (Å²) in [7, 11) is 0. The zero-order valence-electron chi connectivity index (χ0n) is 12.5. The quantitative estimate of drug-likeness (QED) is 0.271. The van der Waals surface area contributed by atoms with Gasteiger partial charge in [-0.2, -0.15) is 0 Å². The molecule has 1 N–H and O–H groups in total. The number of nitrogens with zero attached hydrogens (tertiary/aromatic N) is 1. The molecule has 0 aromatic rings. The Morgan fingerprint density at radius 3 is 2.37 bits per heavy atom. The van der Waals surface area contributed by atoms with Crippen LogP contribution in [0.25, 0.3) is 0 Å². The first kappa shape index (κ1) is 18.2. The van der Waals surface area contributed by atoms with E-state index in [0.717, 1.165) is 36.4 Å². The SMILES string of the molecule is CCN(CC)CCOCCN/C(C=O)=C(\C)C(C)=S. The van der Waals surface area contributed by atoms with Gasteiger partial charge in [0, 0.05) is 18.0 Å². The third-order valence-corrected chi connectivity index (χ3v) is 3.36. The van der Waals surface area contributed by atoms with Crippen LogP contribution in [0.2, 0.25) is 0 Å². The predicted molar refractivity (Wildman–Crippen MR) is 83.6 cm³/mol. The highest BCUT2D eigenvalue weighted by atomic mass is 32.1. The number of nitrogens with one attached hydrogen (secondary N) is 1. The van der Waals surface area contributed by atoms with Crippen LogP contribution >= 0.6 is 12.2 Å². The maximum Gasteiger partial charge on any atom is 0.166 e. The van der Waals surface area contributed by atoms with Gasteiger partial charge in [-0.25, -0.2) is 0 Å². The maximum atomic E-state index is 10.9. The summed E-state index contributed by atoms with van der Waals surface area (Å²) in [6.45, 7) is 12.9. The van der Waals surface area contributed by atoms with Gasteiger partial charge in [-0.15, -0.1) is 0 Å². The minimum absolute atomic E-state index is 0.555. The summed E-state index contributed by atoms with van der Waals surface area (Å²) in [5.41, 5.74) is 1.38. The summed E-state index contributed by atoms with van der Waals surface area (Å²) < 4.78 is 5.53. The molecule has 0 rings (SSSR count). The summed E-state index contributed by atoms with van der Waals surface area (Å²) >= 11 is 5.04. The minimum atomic E-state index is 0.555. The monoisotopic (exact) mass is 286 g/mol. The maximum absolute atomic E-state index is 10.9. The van der Waals surface area contributed by atoms with E-state index in [0.29, 0.717) is 25.5 Å². The van der Waals surface area contributed by atoms with Gasteiger partial charge in [-0.3, -0.25) is 4.79 Å². The fourth-order valence-corrected chi connectivity index (χ4v) is 1.66. The number of carbonyl (C=O) groups excluding carboxylic acids is 1. The predicted octanol–water partition coefficient (Wildman–Crippen LogP) is 1.80. The number of ether oxygens (including phenoxy) is 1. The number of likely N-dealkylation sites (N-methyl/N-ethyl adjacent to an activating group) is 1. The van der Waals surface area contributed by atoms with Gasteiger partial charge in [0.05, 0.1) is 18.9 Å². The van der Waals surface area contributed by atoms with Gasteiger partial charge >= 0.3 is 0 Å². The van der Waals surface area contributed by atoms with Gasteiger partial charge < -0.3 is 15.0 Å². The first-order valence-electron chi connectivity index (χ1n) is 6.77. The molecule has 110 valence electrons. The number of hydrogen-bond acceptors (Lipinski definition) is 5. The van der Waals surface area contributed by atoms with Crippen molar-refractivity contribution in [3.8, 4) is 0 Å². The van der Waals surface area contributed by atoms with Crippen molar-refractivity contribution in [2.75, 3.05) is 39.4 Å². The molecule has 19 heavy (non-hydrogen) atoms. The normalized spacial score (nSPS) is 12.3. The molecule has 0 radical (unpaired) electrons. The Balaban J connectivity index is 3.83. The molecular formula is C14H26N2O2S. The van der Waals surface area contributed by atoms with Crippen LogP contribution in [-0.4, -0.2) is 55.4 Å². The van der Waals surface area contributed by atoms with E-state index in [1.165, 1.54) is 0 Å². The highest BCUT2D eigenvalue weighted by Gasteiger charge is 2.03. The van der Waals surface area contributed by atoms with E-state index < -0.39 is 0 Å². The summed E-state index contributed by atoms with van der Waals surface area (Å²) in [6, 6.07) is 0. The van der Waals surface area contributed by atoms with Crippen molar-refractivity contribution in [2.24, 2.45) is 0 Å². The average molecular weight is 286 g/mol. The Hall–Kier alpha value is -0.780. The van der Waals surface area contributed by atoms with Gasteiger partial charge in [-0.05, 0) is 32.5 Å². The molecule has 0 aliphatic rings. The molecule has 0 atom stereocenters. The van der Waals surface area contributed by atoms with Crippen molar-refractivity contribution < 1.29 is 9.53 Å². The smallest absolute Gasteiger partial charge is 0.166 e. The van der Waals surface area contributed by atoms with E-state index in [1.807, 2.05) is 13.8 Å². The lowest BCUT2D eigenvalue weighted by atomic mass is 10.2. The van der Waals surface area contributed by atoms with E-state index in [9.17, 15) is 4.79 Å². The van der Waals surface area contributed by atoms with Crippen molar-refractivity contribution in [3.63, 3.8) is 0 Å². The molecule has 0 saturated carbocycles. The molecule has 5 heteroatoms. The minimum Gasteiger partial charge on any atom is -0.380 e. The van der Waals surface area contributed by atoms with Crippen LogP contribution in [0.15, 0.2) is 11.3 Å². The Morgan fingerprint density at radius 2 is 1.89 bits per heavy atom. The van der Waals surface area contributed by atoms with Gasteiger partial charge in [0.1, 0.15) is 0 Å². The Bertz CT molecular complexity index is 313. The van der Waals surface area contributed by atoms with Gasteiger partial charge in [0.15, 0.2) is 6.29 Å². The molecule has 0 aliphatic carbocycles. The third-order valence-electron chi connectivity index (χ3n) is 3.06. The molecule has 0 fully saturated rings. The van der Waals surface area contributed by atoms with Crippen LogP contribution in [0.4, 0.5) is 0 Å². The van der Waals surface area contributed by atoms with Crippen LogP contribution < -0.4 is 5.32 Å². The number of carbonyl (C=O) groups is 1. The highest BCUT2D eigenvalue weighted by Crippen LogP contribution is 2.01. The van der Waals surface area contributed by atoms with E-state index in [2.05, 4.69) is 24.1 Å². The highest BCUT2D eigenvalue weighted by molar-refractivity contribution is 7.80. The van der Waals surface area contributed by atoms with Crippen LogP contribution in [0.1, 0.15) is 27.7 Å². The van der Waals surface area contributed by atoms with E-state index in [-0.39, 0.29) is 0 Å². The molecule has 0 heterocycles. The Morgan fingerprint density at radius 1 is 1.26 bits per heavy atom. The summed E-state index contributed by atoms with van der Waals surface area (Å²) in [4.78, 5) is 14.0. The Kier molecular flexibility index (Phi) is 10.6. The molecule has 0 aromatic carbocycles. The molecule has 0 bridgehead atoms. The lowest BCUT2D eigenvalue weighted by Gasteiger charge is -2.17. The van der Waals surface area contributed by atoms with Crippen LogP contribution in [-0.2, 0) is 9.53 Å². The second-order valence-electron chi connectivity index (χ2n) is 4.28. The number of hydrogen-bond donors (Lipinski definition) is 1. The molecular weight excluding hydrogens is 260 g/mol. The molecule has 0 spiro atoms. The molecule has 0 aromatic heterocycles. The summed E-state index contributed by atoms with van der Waals surface area (Å²) in [6.07, 6.45) is 0.807.